The molecule has 0 aliphatic heterocycles. The third-order valence-electron chi connectivity index (χ3n) is 3.90. The number of rotatable bonds is 4. The molecule has 0 radical (unpaired) electrons. The van der Waals surface area contributed by atoms with Crippen molar-refractivity contribution in [3.05, 3.63) is 47.7 Å². The van der Waals surface area contributed by atoms with Crippen molar-refractivity contribution in [3.8, 4) is 0 Å². The van der Waals surface area contributed by atoms with Crippen molar-refractivity contribution in [2.45, 2.75) is 38.6 Å². The summed E-state index contributed by atoms with van der Waals surface area (Å²) >= 11 is 0. The maximum absolute atomic E-state index is 5.78. The van der Waals surface area contributed by atoms with E-state index in [4.69, 9.17) is 8.83 Å². The van der Waals surface area contributed by atoms with Crippen molar-refractivity contribution < 1.29 is 8.83 Å². The van der Waals surface area contributed by atoms with Crippen LogP contribution in [0.2, 0.25) is 0 Å². The van der Waals surface area contributed by atoms with Gasteiger partial charge in [-0.2, -0.15) is 0 Å². The molecule has 1 aliphatic rings. The van der Waals surface area contributed by atoms with E-state index in [1.807, 2.05) is 37.3 Å². The predicted octanol–water partition coefficient (Wildman–Crippen LogP) is 4.78. The van der Waals surface area contributed by atoms with E-state index in [9.17, 15) is 0 Å². The average Bonchev–Trinajstić information content (AvgIpc) is 3.09. The van der Waals surface area contributed by atoms with Crippen molar-refractivity contribution >= 4 is 16.8 Å². The molecule has 2 aromatic heterocycles. The standard InChI is InChI=1S/C17H18N2O2/c1-10-3-7-15(20-10)11(2)18-13-6-8-16-14(9-13)19-17(21-16)12-4-5-12/h3,6-9,11-12,18H,4-5H2,1-2H3. The Morgan fingerprint density at radius 3 is 2.76 bits per heavy atom. The van der Waals surface area contributed by atoms with Crippen LogP contribution in [0.15, 0.2) is 39.2 Å². The predicted molar refractivity (Wildman–Crippen MR) is 81.5 cm³/mol. The van der Waals surface area contributed by atoms with Gasteiger partial charge in [0, 0.05) is 11.6 Å². The highest BCUT2D eigenvalue weighted by Crippen LogP contribution is 2.40. The van der Waals surface area contributed by atoms with Gasteiger partial charge in [0.05, 0.1) is 6.04 Å². The fourth-order valence-corrected chi connectivity index (χ4v) is 2.55. The van der Waals surface area contributed by atoms with Crippen molar-refractivity contribution in [2.75, 3.05) is 5.32 Å². The lowest BCUT2D eigenvalue weighted by Gasteiger charge is -2.12. The Morgan fingerprint density at radius 1 is 1.19 bits per heavy atom. The lowest BCUT2D eigenvalue weighted by atomic mass is 10.2. The Bertz CT molecular complexity index is 783. The van der Waals surface area contributed by atoms with Gasteiger partial charge in [-0.1, -0.05) is 0 Å². The number of hydrogen-bond acceptors (Lipinski definition) is 4. The summed E-state index contributed by atoms with van der Waals surface area (Å²) in [6, 6.07) is 10.2. The van der Waals surface area contributed by atoms with E-state index in [2.05, 4.69) is 17.2 Å². The second-order valence-electron chi connectivity index (χ2n) is 5.82. The summed E-state index contributed by atoms with van der Waals surface area (Å²) in [4.78, 5) is 4.59. The van der Waals surface area contributed by atoms with E-state index in [0.29, 0.717) is 5.92 Å². The first kappa shape index (κ1) is 12.5. The van der Waals surface area contributed by atoms with Crippen molar-refractivity contribution in [1.29, 1.82) is 0 Å². The number of fused-ring (bicyclic) bond motifs is 1. The Morgan fingerprint density at radius 2 is 2.05 bits per heavy atom. The lowest BCUT2D eigenvalue weighted by molar-refractivity contribution is 0.467. The van der Waals surface area contributed by atoms with E-state index < -0.39 is 0 Å². The molecule has 1 fully saturated rings. The molecule has 0 amide bonds. The summed E-state index contributed by atoms with van der Waals surface area (Å²) in [5, 5.41) is 3.44. The van der Waals surface area contributed by atoms with Crippen molar-refractivity contribution in [2.24, 2.45) is 0 Å². The van der Waals surface area contributed by atoms with Crippen LogP contribution >= 0.6 is 0 Å². The molecule has 1 unspecified atom stereocenters. The Hall–Kier alpha value is -2.23. The highest BCUT2D eigenvalue weighted by molar-refractivity contribution is 5.77. The third kappa shape index (κ3) is 2.42. The monoisotopic (exact) mass is 282 g/mol. The number of nitrogens with one attached hydrogen (secondary N) is 1. The van der Waals surface area contributed by atoms with Gasteiger partial charge in [0.15, 0.2) is 11.5 Å². The van der Waals surface area contributed by atoms with Crippen LogP contribution in [0.1, 0.15) is 49.1 Å². The Labute approximate surface area is 123 Å². The molecule has 4 nitrogen and oxygen atoms in total. The molecule has 2 heterocycles. The topological polar surface area (TPSA) is 51.2 Å². The van der Waals surface area contributed by atoms with Gasteiger partial charge in [-0.25, -0.2) is 4.98 Å². The van der Waals surface area contributed by atoms with Crippen LogP contribution in [0.4, 0.5) is 5.69 Å². The number of aryl methyl sites for hydroxylation is 1. The van der Waals surface area contributed by atoms with Gasteiger partial charge in [0.25, 0.3) is 0 Å². The number of aromatic nitrogens is 1. The summed E-state index contributed by atoms with van der Waals surface area (Å²) in [5.41, 5.74) is 2.81. The fourth-order valence-electron chi connectivity index (χ4n) is 2.55. The van der Waals surface area contributed by atoms with Gasteiger partial charge in [-0.05, 0) is 57.0 Å². The molecule has 21 heavy (non-hydrogen) atoms. The zero-order valence-corrected chi connectivity index (χ0v) is 12.2. The molecular weight excluding hydrogens is 264 g/mol. The largest absolute Gasteiger partial charge is 0.464 e. The second-order valence-corrected chi connectivity index (χ2v) is 5.82. The number of nitrogens with zero attached hydrogens (tertiary/aromatic N) is 1. The minimum absolute atomic E-state index is 0.117. The van der Waals surface area contributed by atoms with Crippen LogP contribution < -0.4 is 5.32 Å². The minimum Gasteiger partial charge on any atom is -0.464 e. The summed E-state index contributed by atoms with van der Waals surface area (Å²) in [7, 11) is 0. The normalized spacial score (nSPS) is 16.3. The van der Waals surface area contributed by atoms with Crippen molar-refractivity contribution in [3.63, 3.8) is 0 Å². The number of hydrogen-bond donors (Lipinski definition) is 1. The van der Waals surface area contributed by atoms with Crippen LogP contribution in [-0.4, -0.2) is 4.98 Å². The van der Waals surface area contributed by atoms with E-state index in [1.165, 1.54) is 12.8 Å². The zero-order valence-electron chi connectivity index (χ0n) is 12.2. The first-order valence-corrected chi connectivity index (χ1v) is 7.42. The molecule has 4 heteroatoms. The second kappa shape index (κ2) is 4.65. The summed E-state index contributed by atoms with van der Waals surface area (Å²) in [5.74, 6) is 3.29. The Balaban J connectivity index is 1.58. The number of furan rings is 1. The third-order valence-corrected chi connectivity index (χ3v) is 3.90. The maximum Gasteiger partial charge on any atom is 0.198 e. The summed E-state index contributed by atoms with van der Waals surface area (Å²) < 4.78 is 11.4. The van der Waals surface area contributed by atoms with Gasteiger partial charge in [0.1, 0.15) is 17.0 Å². The van der Waals surface area contributed by atoms with Gasteiger partial charge in [0.2, 0.25) is 0 Å². The zero-order chi connectivity index (χ0) is 14.4. The summed E-state index contributed by atoms with van der Waals surface area (Å²) in [6.07, 6.45) is 2.40. The minimum atomic E-state index is 0.117. The van der Waals surface area contributed by atoms with Gasteiger partial charge in [-0.15, -0.1) is 0 Å². The highest BCUT2D eigenvalue weighted by Gasteiger charge is 2.28. The molecule has 1 aromatic carbocycles. The maximum atomic E-state index is 5.78. The van der Waals surface area contributed by atoms with Crippen molar-refractivity contribution in [1.82, 2.24) is 4.98 Å². The van der Waals surface area contributed by atoms with Crippen LogP contribution in [0.5, 0.6) is 0 Å². The Kier molecular flexibility index (Phi) is 2.77. The molecule has 1 aliphatic carbocycles. The lowest BCUT2D eigenvalue weighted by Crippen LogP contribution is -2.05. The first-order valence-electron chi connectivity index (χ1n) is 7.42. The quantitative estimate of drug-likeness (QED) is 0.748. The van der Waals surface area contributed by atoms with E-state index in [-0.39, 0.29) is 6.04 Å². The molecule has 3 aromatic rings. The molecule has 1 atom stereocenters. The molecule has 1 N–H and O–H groups in total. The molecule has 108 valence electrons. The van der Waals surface area contributed by atoms with Gasteiger partial charge >= 0.3 is 0 Å². The van der Waals surface area contributed by atoms with Crippen LogP contribution in [0, 0.1) is 6.92 Å². The molecule has 1 saturated carbocycles. The van der Waals surface area contributed by atoms with Crippen LogP contribution in [0.25, 0.3) is 11.1 Å². The van der Waals surface area contributed by atoms with Crippen LogP contribution in [0.3, 0.4) is 0 Å². The van der Waals surface area contributed by atoms with E-state index in [1.54, 1.807) is 0 Å². The number of anilines is 1. The fraction of sp³-hybridized carbons (Fsp3) is 0.353. The van der Waals surface area contributed by atoms with E-state index >= 15 is 0 Å². The SMILES string of the molecule is Cc1ccc(C(C)Nc2ccc3oc(C4CC4)nc3c2)o1. The van der Waals surface area contributed by atoms with E-state index in [0.717, 1.165) is 34.2 Å². The molecule has 4 rings (SSSR count). The molecule has 0 saturated heterocycles. The number of benzene rings is 1. The highest BCUT2D eigenvalue weighted by atomic mass is 16.3. The van der Waals surface area contributed by atoms with Crippen LogP contribution in [-0.2, 0) is 0 Å². The average molecular weight is 282 g/mol. The smallest absolute Gasteiger partial charge is 0.198 e. The van der Waals surface area contributed by atoms with Gasteiger partial charge < -0.3 is 14.2 Å². The first-order chi connectivity index (χ1) is 10.2. The summed E-state index contributed by atoms with van der Waals surface area (Å²) in [6.45, 7) is 4.04. The molecule has 0 bridgehead atoms. The molecule has 0 spiro atoms. The number of oxazole rings is 1. The van der Waals surface area contributed by atoms with Gasteiger partial charge in [-0.3, -0.25) is 0 Å². The molecular formula is C17H18N2O2.